The van der Waals surface area contributed by atoms with Crippen LogP contribution in [-0.4, -0.2) is 17.6 Å². The van der Waals surface area contributed by atoms with E-state index >= 15 is 0 Å². The van der Waals surface area contributed by atoms with Crippen molar-refractivity contribution < 1.29 is 0 Å². The lowest BCUT2D eigenvalue weighted by Gasteiger charge is -2.27. The van der Waals surface area contributed by atoms with Crippen LogP contribution in [0.1, 0.15) is 35.7 Å². The highest BCUT2D eigenvalue weighted by molar-refractivity contribution is 6.31. The van der Waals surface area contributed by atoms with Crippen LogP contribution in [0.5, 0.6) is 0 Å². The largest absolute Gasteiger partial charge is 0.329 e. The standard InChI is InChI=1S/C16H21ClN4/c17-9-5-6-11-14(7-9)21-13-4-2-1-3-10(13)15(11)16(20)12(19)8-18/h5-7,12,16H,1-4,8,18-20H2. The quantitative estimate of drug-likeness (QED) is 0.809. The molecule has 1 aliphatic rings. The molecule has 0 spiro atoms. The van der Waals surface area contributed by atoms with Crippen molar-refractivity contribution >= 4 is 22.5 Å². The second kappa shape index (κ2) is 5.89. The first-order valence-electron chi connectivity index (χ1n) is 7.44. The molecule has 0 saturated carbocycles. The van der Waals surface area contributed by atoms with E-state index in [4.69, 9.17) is 33.8 Å². The Bertz CT molecular complexity index is 671. The molecule has 0 radical (unpaired) electrons. The minimum atomic E-state index is -0.270. The predicted molar refractivity (Wildman–Crippen MR) is 87.4 cm³/mol. The molecule has 0 fully saturated rings. The third kappa shape index (κ3) is 2.64. The van der Waals surface area contributed by atoms with Gasteiger partial charge in [-0.3, -0.25) is 4.98 Å². The van der Waals surface area contributed by atoms with Crippen LogP contribution in [-0.2, 0) is 12.8 Å². The maximum absolute atomic E-state index is 6.41. The van der Waals surface area contributed by atoms with Gasteiger partial charge in [0.25, 0.3) is 0 Å². The number of hydrogen-bond acceptors (Lipinski definition) is 4. The molecule has 1 aromatic carbocycles. The highest BCUT2D eigenvalue weighted by Gasteiger charge is 2.24. The number of benzene rings is 1. The van der Waals surface area contributed by atoms with Gasteiger partial charge in [0.15, 0.2) is 0 Å². The summed E-state index contributed by atoms with van der Waals surface area (Å²) in [4.78, 5) is 4.79. The van der Waals surface area contributed by atoms with Crippen molar-refractivity contribution in [2.45, 2.75) is 37.8 Å². The first-order chi connectivity index (χ1) is 10.1. The summed E-state index contributed by atoms with van der Waals surface area (Å²) < 4.78 is 0. The maximum Gasteiger partial charge on any atom is 0.0723 e. The molecule has 2 atom stereocenters. The number of fused-ring (bicyclic) bond motifs is 2. The predicted octanol–water partition coefficient (Wildman–Crippen LogP) is 2.05. The van der Waals surface area contributed by atoms with Crippen molar-refractivity contribution in [1.82, 2.24) is 4.98 Å². The van der Waals surface area contributed by atoms with Crippen LogP contribution < -0.4 is 17.2 Å². The Morgan fingerprint density at radius 3 is 2.71 bits per heavy atom. The van der Waals surface area contributed by atoms with E-state index in [1.54, 1.807) is 0 Å². The monoisotopic (exact) mass is 304 g/mol. The van der Waals surface area contributed by atoms with Gasteiger partial charge in [-0.15, -0.1) is 0 Å². The SMILES string of the molecule is NCC(N)C(N)c1c2c(nc3cc(Cl)ccc13)CCCC2. The van der Waals surface area contributed by atoms with Gasteiger partial charge in [-0.05, 0) is 48.9 Å². The number of nitrogens with zero attached hydrogens (tertiary/aromatic N) is 1. The Morgan fingerprint density at radius 2 is 1.95 bits per heavy atom. The minimum Gasteiger partial charge on any atom is -0.329 e. The Morgan fingerprint density at radius 1 is 1.19 bits per heavy atom. The molecule has 0 bridgehead atoms. The summed E-state index contributed by atoms with van der Waals surface area (Å²) >= 11 is 6.11. The van der Waals surface area contributed by atoms with Gasteiger partial charge < -0.3 is 17.2 Å². The molecular weight excluding hydrogens is 284 g/mol. The average molecular weight is 305 g/mol. The molecule has 1 heterocycles. The van der Waals surface area contributed by atoms with Crippen molar-refractivity contribution in [3.63, 3.8) is 0 Å². The number of aromatic nitrogens is 1. The fourth-order valence-corrected chi connectivity index (χ4v) is 3.34. The second-order valence-corrected chi connectivity index (χ2v) is 6.18. The van der Waals surface area contributed by atoms with Crippen LogP contribution in [0, 0.1) is 0 Å². The summed E-state index contributed by atoms with van der Waals surface area (Å²) in [5.74, 6) is 0. The Labute approximate surface area is 129 Å². The fourth-order valence-electron chi connectivity index (χ4n) is 3.18. The number of halogens is 1. The highest BCUT2D eigenvalue weighted by Crippen LogP contribution is 2.34. The van der Waals surface area contributed by atoms with Crippen molar-refractivity contribution in [1.29, 1.82) is 0 Å². The van der Waals surface area contributed by atoms with Gasteiger partial charge in [0.2, 0.25) is 0 Å². The number of nitrogens with two attached hydrogens (primary N) is 3. The summed E-state index contributed by atoms with van der Waals surface area (Å²) in [5, 5.41) is 1.74. The van der Waals surface area contributed by atoms with Gasteiger partial charge in [-0.25, -0.2) is 0 Å². The topological polar surface area (TPSA) is 91.0 Å². The van der Waals surface area contributed by atoms with Crippen molar-refractivity contribution in [3.05, 3.63) is 40.0 Å². The molecule has 0 saturated heterocycles. The van der Waals surface area contributed by atoms with Gasteiger partial charge in [-0.2, -0.15) is 0 Å². The van der Waals surface area contributed by atoms with Crippen LogP contribution >= 0.6 is 11.6 Å². The molecule has 112 valence electrons. The van der Waals surface area contributed by atoms with E-state index < -0.39 is 0 Å². The van der Waals surface area contributed by atoms with Gasteiger partial charge in [-0.1, -0.05) is 17.7 Å². The highest BCUT2D eigenvalue weighted by atomic mass is 35.5. The van der Waals surface area contributed by atoms with Gasteiger partial charge in [0, 0.05) is 34.7 Å². The smallest absolute Gasteiger partial charge is 0.0723 e. The van der Waals surface area contributed by atoms with E-state index in [2.05, 4.69) is 0 Å². The Balaban J connectivity index is 2.27. The van der Waals surface area contributed by atoms with E-state index in [9.17, 15) is 0 Å². The van der Waals surface area contributed by atoms with Crippen LogP contribution in [0.25, 0.3) is 10.9 Å². The molecule has 2 aromatic rings. The lowest BCUT2D eigenvalue weighted by Crippen LogP contribution is -2.41. The summed E-state index contributed by atoms with van der Waals surface area (Å²) in [6.07, 6.45) is 4.35. The number of hydrogen-bond donors (Lipinski definition) is 3. The Hall–Kier alpha value is -1.20. The third-order valence-electron chi connectivity index (χ3n) is 4.34. The molecule has 4 nitrogen and oxygen atoms in total. The Kier molecular flexibility index (Phi) is 4.13. The number of aryl methyl sites for hydroxylation is 1. The fraction of sp³-hybridized carbons (Fsp3) is 0.438. The summed E-state index contributed by atoms with van der Waals surface area (Å²) in [5.41, 5.74) is 22.7. The normalized spacial score (nSPS) is 17.5. The third-order valence-corrected chi connectivity index (χ3v) is 4.57. The first-order valence-corrected chi connectivity index (χ1v) is 7.81. The molecule has 21 heavy (non-hydrogen) atoms. The maximum atomic E-state index is 6.41. The summed E-state index contributed by atoms with van der Waals surface area (Å²) in [6, 6.07) is 5.25. The van der Waals surface area contributed by atoms with E-state index in [-0.39, 0.29) is 12.1 Å². The molecule has 2 unspecified atom stereocenters. The van der Waals surface area contributed by atoms with Gasteiger partial charge in [0.1, 0.15) is 0 Å². The molecule has 6 N–H and O–H groups in total. The van der Waals surface area contributed by atoms with E-state index in [0.29, 0.717) is 11.6 Å². The number of rotatable bonds is 3. The molecule has 3 rings (SSSR count). The second-order valence-electron chi connectivity index (χ2n) is 5.74. The zero-order valence-electron chi connectivity index (χ0n) is 12.0. The lowest BCUT2D eigenvalue weighted by atomic mass is 9.85. The van der Waals surface area contributed by atoms with Crippen LogP contribution in [0.2, 0.25) is 5.02 Å². The first kappa shape index (κ1) is 14.7. The summed E-state index contributed by atoms with van der Waals surface area (Å²) in [6.45, 7) is 0.368. The van der Waals surface area contributed by atoms with E-state index in [0.717, 1.165) is 35.0 Å². The molecular formula is C16H21ClN4. The van der Waals surface area contributed by atoms with Gasteiger partial charge in [0.05, 0.1) is 5.52 Å². The van der Waals surface area contributed by atoms with Crippen LogP contribution in [0.15, 0.2) is 18.2 Å². The van der Waals surface area contributed by atoms with Gasteiger partial charge >= 0.3 is 0 Å². The molecule has 0 aliphatic heterocycles. The zero-order valence-corrected chi connectivity index (χ0v) is 12.7. The van der Waals surface area contributed by atoms with Crippen molar-refractivity contribution in [2.24, 2.45) is 17.2 Å². The molecule has 5 heteroatoms. The van der Waals surface area contributed by atoms with Crippen LogP contribution in [0.4, 0.5) is 0 Å². The molecule has 0 amide bonds. The van der Waals surface area contributed by atoms with E-state index in [1.807, 2.05) is 18.2 Å². The summed E-state index contributed by atoms with van der Waals surface area (Å²) in [7, 11) is 0. The number of pyridine rings is 1. The average Bonchev–Trinajstić information content (AvgIpc) is 2.51. The lowest BCUT2D eigenvalue weighted by molar-refractivity contribution is 0.547. The van der Waals surface area contributed by atoms with Crippen molar-refractivity contribution in [3.8, 4) is 0 Å². The van der Waals surface area contributed by atoms with Crippen LogP contribution in [0.3, 0.4) is 0 Å². The zero-order chi connectivity index (χ0) is 15.0. The van der Waals surface area contributed by atoms with Crippen molar-refractivity contribution in [2.75, 3.05) is 6.54 Å². The molecule has 1 aromatic heterocycles. The minimum absolute atomic E-state index is 0.252. The molecule has 1 aliphatic carbocycles. The van der Waals surface area contributed by atoms with E-state index in [1.165, 1.54) is 18.4 Å².